The maximum atomic E-state index is 13.5. The molecular weight excluding hydrogens is 267 g/mol. The number of nitrogens with zero attached hydrogens (tertiary/aromatic N) is 2. The van der Waals surface area contributed by atoms with E-state index in [4.69, 9.17) is 0 Å². The number of rotatable bonds is 2. The summed E-state index contributed by atoms with van der Waals surface area (Å²) in [5.74, 6) is 0.809. The highest BCUT2D eigenvalue weighted by atomic mass is 19.1. The first-order chi connectivity index (χ1) is 10.1. The van der Waals surface area contributed by atoms with Gasteiger partial charge in [-0.1, -0.05) is 12.1 Å². The van der Waals surface area contributed by atoms with Crippen LogP contribution >= 0.6 is 0 Å². The predicted molar refractivity (Wildman–Crippen MR) is 79.8 cm³/mol. The summed E-state index contributed by atoms with van der Waals surface area (Å²) in [4.78, 5) is 4.64. The third-order valence-electron chi connectivity index (χ3n) is 4.03. The number of imidazole rings is 1. The quantitative estimate of drug-likeness (QED) is 0.765. The van der Waals surface area contributed by atoms with Crippen molar-refractivity contribution in [2.24, 2.45) is 0 Å². The number of hydrogen-bond donors (Lipinski definition) is 1. The van der Waals surface area contributed by atoms with Crippen LogP contribution in [0.3, 0.4) is 0 Å². The zero-order chi connectivity index (χ0) is 14.6. The number of phenols is 1. The molecule has 3 aromatic rings. The molecule has 1 aromatic heterocycles. The molecule has 0 spiro atoms. The van der Waals surface area contributed by atoms with Gasteiger partial charge in [0, 0.05) is 11.6 Å². The lowest BCUT2D eigenvalue weighted by molar-refractivity contribution is 0.471. The van der Waals surface area contributed by atoms with E-state index in [1.54, 1.807) is 12.1 Å². The van der Waals surface area contributed by atoms with Gasteiger partial charge in [-0.25, -0.2) is 9.37 Å². The molecular formula is C17H15FN2O. The number of fused-ring (bicyclic) bond motifs is 1. The summed E-state index contributed by atoms with van der Waals surface area (Å²) >= 11 is 0. The maximum Gasteiger partial charge on any atom is 0.141 e. The molecule has 0 bridgehead atoms. The fourth-order valence-corrected chi connectivity index (χ4v) is 2.72. The van der Waals surface area contributed by atoms with Crippen molar-refractivity contribution in [3.8, 4) is 17.1 Å². The van der Waals surface area contributed by atoms with E-state index >= 15 is 0 Å². The first kappa shape index (κ1) is 12.4. The van der Waals surface area contributed by atoms with E-state index in [1.807, 2.05) is 19.1 Å². The van der Waals surface area contributed by atoms with Gasteiger partial charge in [0.15, 0.2) is 0 Å². The zero-order valence-corrected chi connectivity index (χ0v) is 11.7. The molecule has 0 saturated heterocycles. The summed E-state index contributed by atoms with van der Waals surface area (Å²) in [5, 5.41) is 9.93. The molecule has 21 heavy (non-hydrogen) atoms. The van der Waals surface area contributed by atoms with E-state index in [-0.39, 0.29) is 11.6 Å². The molecule has 1 fully saturated rings. The van der Waals surface area contributed by atoms with Gasteiger partial charge < -0.3 is 9.67 Å². The number of benzene rings is 2. The molecule has 0 atom stereocenters. The summed E-state index contributed by atoms with van der Waals surface area (Å²) in [5.41, 5.74) is 3.31. The van der Waals surface area contributed by atoms with Crippen molar-refractivity contribution in [2.75, 3.05) is 0 Å². The molecule has 4 rings (SSSR count). The molecule has 3 nitrogen and oxygen atoms in total. The summed E-state index contributed by atoms with van der Waals surface area (Å²) in [6.45, 7) is 1.86. The number of aromatic nitrogens is 2. The number of aryl methyl sites for hydroxylation is 1. The van der Waals surface area contributed by atoms with Crippen LogP contribution in [0.25, 0.3) is 22.4 Å². The lowest BCUT2D eigenvalue weighted by Crippen LogP contribution is -1.97. The van der Waals surface area contributed by atoms with E-state index in [1.165, 1.54) is 12.1 Å². The molecule has 2 aromatic carbocycles. The molecule has 1 saturated carbocycles. The number of aromatic hydroxyl groups is 1. The van der Waals surface area contributed by atoms with Gasteiger partial charge in [0.1, 0.15) is 17.4 Å². The monoisotopic (exact) mass is 282 g/mol. The van der Waals surface area contributed by atoms with Crippen LogP contribution in [0.2, 0.25) is 0 Å². The normalized spacial score (nSPS) is 14.8. The molecule has 0 unspecified atom stereocenters. The highest BCUT2D eigenvalue weighted by Gasteiger charge is 2.29. The van der Waals surface area contributed by atoms with Gasteiger partial charge in [0.25, 0.3) is 0 Å². The van der Waals surface area contributed by atoms with Gasteiger partial charge in [-0.2, -0.15) is 0 Å². The topological polar surface area (TPSA) is 38.0 Å². The van der Waals surface area contributed by atoms with Crippen LogP contribution in [0.1, 0.15) is 24.4 Å². The first-order valence-electron chi connectivity index (χ1n) is 7.11. The number of hydrogen-bond acceptors (Lipinski definition) is 2. The van der Waals surface area contributed by atoms with E-state index in [2.05, 4.69) is 9.55 Å². The average Bonchev–Trinajstić information content (AvgIpc) is 3.23. The Balaban J connectivity index is 1.99. The summed E-state index contributed by atoms with van der Waals surface area (Å²) in [6.07, 6.45) is 2.18. The molecule has 1 N–H and O–H groups in total. The summed E-state index contributed by atoms with van der Waals surface area (Å²) in [7, 11) is 0. The van der Waals surface area contributed by atoms with Gasteiger partial charge >= 0.3 is 0 Å². The first-order valence-corrected chi connectivity index (χ1v) is 7.11. The second-order valence-corrected chi connectivity index (χ2v) is 5.67. The fraction of sp³-hybridized carbons (Fsp3) is 0.235. The van der Waals surface area contributed by atoms with Crippen molar-refractivity contribution >= 4 is 11.0 Å². The second-order valence-electron chi connectivity index (χ2n) is 5.67. The van der Waals surface area contributed by atoms with Gasteiger partial charge in [-0.3, -0.25) is 0 Å². The van der Waals surface area contributed by atoms with Gasteiger partial charge in [-0.05, 0) is 49.6 Å². The van der Waals surface area contributed by atoms with Crippen molar-refractivity contribution in [3.05, 3.63) is 47.8 Å². The highest BCUT2D eigenvalue weighted by Crippen LogP contribution is 2.41. The van der Waals surface area contributed by atoms with Crippen LogP contribution in [0, 0.1) is 12.7 Å². The molecule has 1 aliphatic rings. The van der Waals surface area contributed by atoms with Crippen molar-refractivity contribution in [1.29, 1.82) is 0 Å². The van der Waals surface area contributed by atoms with Gasteiger partial charge in [0.05, 0.1) is 11.0 Å². The van der Waals surface area contributed by atoms with Crippen molar-refractivity contribution in [1.82, 2.24) is 9.55 Å². The van der Waals surface area contributed by atoms with E-state index in [0.29, 0.717) is 6.04 Å². The predicted octanol–water partition coefficient (Wildman–Crippen LogP) is 4.19. The van der Waals surface area contributed by atoms with Crippen LogP contribution in [0.15, 0.2) is 36.4 Å². The number of phenolic OH excluding ortho intramolecular Hbond substituents is 1. The lowest BCUT2D eigenvalue weighted by Gasteiger charge is -2.09. The average molecular weight is 282 g/mol. The van der Waals surface area contributed by atoms with Gasteiger partial charge in [0.2, 0.25) is 0 Å². The maximum absolute atomic E-state index is 13.5. The van der Waals surface area contributed by atoms with Crippen molar-refractivity contribution < 1.29 is 9.50 Å². The Kier molecular flexibility index (Phi) is 2.55. The zero-order valence-electron chi connectivity index (χ0n) is 11.7. The summed E-state index contributed by atoms with van der Waals surface area (Å²) in [6, 6.07) is 10.6. The lowest BCUT2D eigenvalue weighted by atomic mass is 10.1. The molecule has 0 radical (unpaired) electrons. The number of halogens is 1. The van der Waals surface area contributed by atoms with Crippen LogP contribution < -0.4 is 0 Å². The molecule has 106 valence electrons. The Labute approximate surface area is 121 Å². The smallest absolute Gasteiger partial charge is 0.141 e. The molecule has 1 heterocycles. The van der Waals surface area contributed by atoms with Crippen molar-refractivity contribution in [3.63, 3.8) is 0 Å². The van der Waals surface area contributed by atoms with Crippen LogP contribution in [-0.2, 0) is 0 Å². The highest BCUT2D eigenvalue weighted by molar-refractivity contribution is 5.81. The van der Waals surface area contributed by atoms with Crippen molar-refractivity contribution in [2.45, 2.75) is 25.8 Å². The minimum atomic E-state index is -0.248. The van der Waals surface area contributed by atoms with Crippen LogP contribution in [0.5, 0.6) is 5.75 Å². The Morgan fingerprint density at radius 3 is 2.71 bits per heavy atom. The Hall–Kier alpha value is -2.36. The molecule has 0 amide bonds. The third-order valence-corrected chi connectivity index (χ3v) is 4.03. The third kappa shape index (κ3) is 1.98. The SMILES string of the molecule is Cc1ccc(-c2nc3ccc(F)cc3n2C2CC2)cc1O. The minimum absolute atomic E-state index is 0.248. The van der Waals surface area contributed by atoms with Gasteiger partial charge in [-0.15, -0.1) is 0 Å². The molecule has 4 heteroatoms. The molecule has 1 aliphatic carbocycles. The Morgan fingerprint density at radius 1 is 1.19 bits per heavy atom. The standard InChI is InChI=1S/C17H15FN2O/c1-10-2-3-11(8-16(10)21)17-19-14-7-4-12(18)9-15(14)20(17)13-5-6-13/h2-4,7-9,13,21H,5-6H2,1H3. The summed E-state index contributed by atoms with van der Waals surface area (Å²) < 4.78 is 15.6. The van der Waals surface area contributed by atoms with E-state index in [9.17, 15) is 9.50 Å². The Morgan fingerprint density at radius 2 is 2.00 bits per heavy atom. The largest absolute Gasteiger partial charge is 0.508 e. The second kappa shape index (κ2) is 4.32. The van der Waals surface area contributed by atoms with E-state index < -0.39 is 0 Å². The minimum Gasteiger partial charge on any atom is -0.508 e. The van der Waals surface area contributed by atoms with E-state index in [0.717, 1.165) is 40.8 Å². The Bertz CT molecular complexity index is 849. The molecule has 0 aliphatic heterocycles. The van der Waals surface area contributed by atoms with Crippen LogP contribution in [-0.4, -0.2) is 14.7 Å². The fourth-order valence-electron chi connectivity index (χ4n) is 2.72. The van der Waals surface area contributed by atoms with Crippen LogP contribution in [0.4, 0.5) is 4.39 Å².